The highest BCUT2D eigenvalue weighted by atomic mass is 16.5. The molecule has 1 N–H and O–H groups in total. The quantitative estimate of drug-likeness (QED) is 0.604. The molecule has 0 radical (unpaired) electrons. The summed E-state index contributed by atoms with van der Waals surface area (Å²) in [4.78, 5) is 7.25. The first-order valence-electron chi connectivity index (χ1n) is 10.3. The van der Waals surface area contributed by atoms with E-state index < -0.39 is 0 Å². The van der Waals surface area contributed by atoms with Crippen LogP contribution in [0.15, 0.2) is 39.8 Å². The van der Waals surface area contributed by atoms with Crippen LogP contribution in [-0.2, 0) is 0 Å². The van der Waals surface area contributed by atoms with E-state index in [0.717, 1.165) is 55.6 Å². The van der Waals surface area contributed by atoms with Gasteiger partial charge in [0, 0.05) is 50.5 Å². The Morgan fingerprint density at radius 1 is 1.29 bits per heavy atom. The second kappa shape index (κ2) is 9.62. The first-order valence-corrected chi connectivity index (χ1v) is 10.3. The number of rotatable bonds is 6. The molecule has 1 saturated heterocycles. The maximum atomic E-state index is 6.11. The van der Waals surface area contributed by atoms with Crippen molar-refractivity contribution < 1.29 is 9.26 Å². The number of hydrogen-bond donors (Lipinski definition) is 1. The Hall–Kier alpha value is -2.50. The molecule has 1 aliphatic rings. The van der Waals surface area contributed by atoms with E-state index in [4.69, 9.17) is 14.3 Å². The van der Waals surface area contributed by atoms with Crippen molar-refractivity contribution in [2.75, 3.05) is 26.2 Å². The van der Waals surface area contributed by atoms with E-state index in [1.165, 1.54) is 5.56 Å². The fraction of sp³-hybridized carbons (Fsp3) is 0.545. The van der Waals surface area contributed by atoms with Crippen LogP contribution in [0.4, 0.5) is 0 Å². The van der Waals surface area contributed by atoms with Gasteiger partial charge >= 0.3 is 0 Å². The van der Waals surface area contributed by atoms with Crippen molar-refractivity contribution >= 4 is 5.96 Å². The highest BCUT2D eigenvalue weighted by Crippen LogP contribution is 2.23. The van der Waals surface area contributed by atoms with Crippen LogP contribution < -0.4 is 10.1 Å². The number of aromatic nitrogens is 1. The van der Waals surface area contributed by atoms with Gasteiger partial charge in [-0.3, -0.25) is 4.99 Å². The first kappa shape index (κ1) is 20.2. The summed E-state index contributed by atoms with van der Waals surface area (Å²) < 4.78 is 11.4. The third-order valence-electron chi connectivity index (χ3n) is 5.22. The van der Waals surface area contributed by atoms with E-state index in [2.05, 4.69) is 29.2 Å². The predicted molar refractivity (Wildman–Crippen MR) is 112 cm³/mol. The summed E-state index contributed by atoms with van der Waals surface area (Å²) in [5.74, 6) is 3.11. The molecule has 0 amide bonds. The van der Waals surface area contributed by atoms with Crippen LogP contribution in [0.25, 0.3) is 0 Å². The van der Waals surface area contributed by atoms with Gasteiger partial charge in [-0.2, -0.15) is 0 Å². The largest absolute Gasteiger partial charge is 0.490 e. The van der Waals surface area contributed by atoms with Crippen LogP contribution in [-0.4, -0.2) is 48.3 Å². The fourth-order valence-electron chi connectivity index (χ4n) is 3.81. The molecule has 1 aromatic heterocycles. The van der Waals surface area contributed by atoms with Crippen molar-refractivity contribution in [1.29, 1.82) is 0 Å². The number of ether oxygens (including phenoxy) is 1. The summed E-state index contributed by atoms with van der Waals surface area (Å²) in [5.41, 5.74) is 2.14. The third kappa shape index (κ3) is 5.06. The van der Waals surface area contributed by atoms with Crippen molar-refractivity contribution in [2.24, 2.45) is 4.99 Å². The van der Waals surface area contributed by atoms with Gasteiger partial charge in [0.25, 0.3) is 0 Å². The summed E-state index contributed by atoms with van der Waals surface area (Å²) in [6, 6.07) is 10.1. The van der Waals surface area contributed by atoms with Crippen molar-refractivity contribution in [3.63, 3.8) is 0 Å². The topological polar surface area (TPSA) is 62.9 Å². The molecule has 1 atom stereocenters. The maximum absolute atomic E-state index is 6.11. The predicted octanol–water partition coefficient (Wildman–Crippen LogP) is 3.90. The van der Waals surface area contributed by atoms with E-state index in [-0.39, 0.29) is 12.0 Å². The number of nitrogens with one attached hydrogen (secondary N) is 1. The lowest BCUT2D eigenvalue weighted by Gasteiger charge is -2.34. The molecule has 6 heteroatoms. The number of guanidine groups is 1. The fourth-order valence-corrected chi connectivity index (χ4v) is 3.81. The molecule has 0 saturated carbocycles. The SMILES string of the molecule is CCNC(=NCC(C)c1c(C)noc1C)N1CCC(Oc2ccccc2)CC1. The average Bonchev–Trinajstić information content (AvgIpc) is 3.05. The second-order valence-electron chi connectivity index (χ2n) is 7.45. The van der Waals surface area contributed by atoms with Crippen molar-refractivity contribution in [2.45, 2.75) is 52.6 Å². The van der Waals surface area contributed by atoms with Gasteiger partial charge in [0.1, 0.15) is 17.6 Å². The molecule has 1 aromatic carbocycles. The van der Waals surface area contributed by atoms with Gasteiger partial charge in [0.05, 0.1) is 5.69 Å². The minimum absolute atomic E-state index is 0.266. The Morgan fingerprint density at radius 2 is 2.00 bits per heavy atom. The van der Waals surface area contributed by atoms with Crippen LogP contribution in [0, 0.1) is 13.8 Å². The second-order valence-corrected chi connectivity index (χ2v) is 7.45. The molecule has 0 spiro atoms. The van der Waals surface area contributed by atoms with Crippen LogP contribution in [0.5, 0.6) is 5.75 Å². The highest BCUT2D eigenvalue weighted by molar-refractivity contribution is 5.80. The third-order valence-corrected chi connectivity index (χ3v) is 5.22. The molecule has 1 aliphatic heterocycles. The summed E-state index contributed by atoms with van der Waals surface area (Å²) in [6.45, 7) is 11.7. The first-order chi connectivity index (χ1) is 13.6. The highest BCUT2D eigenvalue weighted by Gasteiger charge is 2.23. The number of aliphatic imine (C=N–C) groups is 1. The van der Waals surface area contributed by atoms with Crippen molar-refractivity contribution in [3.8, 4) is 5.75 Å². The maximum Gasteiger partial charge on any atom is 0.193 e. The lowest BCUT2D eigenvalue weighted by Crippen LogP contribution is -2.47. The minimum atomic E-state index is 0.266. The molecule has 2 aromatic rings. The molecular weight excluding hydrogens is 352 g/mol. The number of benzene rings is 1. The molecule has 6 nitrogen and oxygen atoms in total. The summed E-state index contributed by atoms with van der Waals surface area (Å²) in [7, 11) is 0. The zero-order chi connectivity index (χ0) is 19.9. The molecule has 28 heavy (non-hydrogen) atoms. The molecule has 152 valence electrons. The lowest BCUT2D eigenvalue weighted by atomic mass is 10.00. The zero-order valence-electron chi connectivity index (χ0n) is 17.4. The number of hydrogen-bond acceptors (Lipinski definition) is 4. The number of likely N-dealkylation sites (tertiary alicyclic amines) is 1. The van der Waals surface area contributed by atoms with Crippen LogP contribution >= 0.6 is 0 Å². The normalized spacial score (nSPS) is 16.9. The smallest absolute Gasteiger partial charge is 0.193 e. The minimum Gasteiger partial charge on any atom is -0.490 e. The Labute approximate surface area is 168 Å². The Morgan fingerprint density at radius 3 is 2.61 bits per heavy atom. The molecule has 2 heterocycles. The van der Waals surface area contributed by atoms with Crippen LogP contribution in [0.3, 0.4) is 0 Å². The van der Waals surface area contributed by atoms with Crippen molar-refractivity contribution in [1.82, 2.24) is 15.4 Å². The summed E-state index contributed by atoms with van der Waals surface area (Å²) in [6.07, 6.45) is 2.26. The van der Waals surface area contributed by atoms with Gasteiger partial charge in [-0.1, -0.05) is 30.3 Å². The van der Waals surface area contributed by atoms with Crippen LogP contribution in [0.1, 0.15) is 49.6 Å². The Kier molecular flexibility index (Phi) is 6.95. The van der Waals surface area contributed by atoms with E-state index in [1.54, 1.807) is 0 Å². The van der Waals surface area contributed by atoms with E-state index in [9.17, 15) is 0 Å². The van der Waals surface area contributed by atoms with Crippen molar-refractivity contribution in [3.05, 3.63) is 47.3 Å². The Bertz CT molecular complexity index is 745. The molecular formula is C22H32N4O2. The summed E-state index contributed by atoms with van der Waals surface area (Å²) in [5, 5.41) is 7.51. The van der Waals surface area contributed by atoms with Gasteiger partial charge in [0.2, 0.25) is 0 Å². The standard InChI is InChI=1S/C22H32N4O2/c1-5-23-22(24-15-16(2)21-17(3)25-28-18(21)4)26-13-11-20(12-14-26)27-19-9-7-6-8-10-19/h6-10,16,20H,5,11-15H2,1-4H3,(H,23,24). The molecule has 0 bridgehead atoms. The zero-order valence-corrected chi connectivity index (χ0v) is 17.4. The number of para-hydroxylation sites is 1. The number of nitrogens with zero attached hydrogens (tertiary/aromatic N) is 3. The lowest BCUT2D eigenvalue weighted by molar-refractivity contribution is 0.129. The van der Waals surface area contributed by atoms with E-state index in [1.807, 2.05) is 44.2 Å². The monoisotopic (exact) mass is 384 g/mol. The van der Waals surface area contributed by atoms with Gasteiger partial charge in [-0.15, -0.1) is 0 Å². The van der Waals surface area contributed by atoms with E-state index >= 15 is 0 Å². The van der Waals surface area contributed by atoms with Gasteiger partial charge in [-0.05, 0) is 32.9 Å². The van der Waals surface area contributed by atoms with Gasteiger partial charge < -0.3 is 19.5 Å². The van der Waals surface area contributed by atoms with Gasteiger partial charge in [0.15, 0.2) is 5.96 Å². The molecule has 3 rings (SSSR count). The number of aryl methyl sites for hydroxylation is 2. The van der Waals surface area contributed by atoms with Crippen LogP contribution in [0.2, 0.25) is 0 Å². The Balaban J connectivity index is 1.57. The number of piperidine rings is 1. The average molecular weight is 385 g/mol. The molecule has 1 unspecified atom stereocenters. The van der Waals surface area contributed by atoms with Gasteiger partial charge in [-0.25, -0.2) is 0 Å². The molecule has 0 aliphatic carbocycles. The van der Waals surface area contributed by atoms with E-state index in [0.29, 0.717) is 6.54 Å². The summed E-state index contributed by atoms with van der Waals surface area (Å²) >= 11 is 0. The molecule has 1 fully saturated rings.